The molecule has 2 rings (SSSR count). The fourth-order valence-electron chi connectivity index (χ4n) is 2.04. The lowest BCUT2D eigenvalue weighted by Gasteiger charge is -2.13. The van der Waals surface area contributed by atoms with E-state index < -0.39 is 10.0 Å². The molecular weight excluding hydrogens is 394 g/mol. The first kappa shape index (κ1) is 20.3. The number of hydrogen-bond donors (Lipinski definition) is 2. The summed E-state index contributed by atoms with van der Waals surface area (Å²) in [4.78, 5) is 12.2. The van der Waals surface area contributed by atoms with E-state index in [1.54, 1.807) is 36.4 Å². The van der Waals surface area contributed by atoms with Gasteiger partial charge in [-0.25, -0.2) is 12.7 Å². The van der Waals surface area contributed by atoms with Gasteiger partial charge in [-0.2, -0.15) is 0 Å². The Balaban J connectivity index is 1.93. The third kappa shape index (κ3) is 5.50. The number of benzene rings is 2. The Morgan fingerprint density at radius 1 is 1.08 bits per heavy atom. The number of hydrogen-bond acceptors (Lipinski definition) is 4. The average Bonchev–Trinajstić information content (AvgIpc) is 2.57. The summed E-state index contributed by atoms with van der Waals surface area (Å²) >= 11 is 10.9. The third-order valence-electron chi connectivity index (χ3n) is 3.42. The van der Waals surface area contributed by atoms with Gasteiger partial charge in [0.05, 0.1) is 11.3 Å². The monoisotopic (exact) mass is 411 g/mol. The number of nitrogens with zero attached hydrogens (tertiary/aromatic N) is 1. The highest BCUT2D eigenvalue weighted by atomic mass is 35.5. The zero-order valence-electron chi connectivity index (χ0n) is 14.2. The molecule has 0 unspecified atom stereocenters. The highest BCUT2D eigenvalue weighted by Crippen LogP contribution is 2.16. The molecule has 2 aromatic rings. The Morgan fingerprint density at radius 3 is 2.19 bits per heavy atom. The minimum atomic E-state index is -3.49. The van der Waals surface area contributed by atoms with Crippen LogP contribution in [0, 0.1) is 0 Å². The first-order chi connectivity index (χ1) is 12.2. The van der Waals surface area contributed by atoms with Crippen LogP contribution in [-0.4, -0.2) is 37.8 Å². The molecule has 9 heteroatoms. The van der Waals surface area contributed by atoms with Crippen LogP contribution in [0.15, 0.2) is 53.4 Å². The van der Waals surface area contributed by atoms with Gasteiger partial charge in [0.2, 0.25) is 15.9 Å². The summed E-state index contributed by atoms with van der Waals surface area (Å²) in [5.41, 5.74) is 1.38. The topological polar surface area (TPSA) is 78.5 Å². The minimum absolute atomic E-state index is 0.132. The summed E-state index contributed by atoms with van der Waals surface area (Å²) in [5, 5.41) is 6.16. The number of anilines is 1. The molecule has 0 fully saturated rings. The van der Waals surface area contributed by atoms with Crippen molar-refractivity contribution >= 4 is 50.5 Å². The lowest BCUT2D eigenvalue weighted by molar-refractivity contribution is -0.119. The second-order valence-corrected chi connectivity index (χ2v) is 8.61. The van der Waals surface area contributed by atoms with Crippen LogP contribution in [0.3, 0.4) is 0 Å². The van der Waals surface area contributed by atoms with E-state index in [4.69, 9.17) is 23.8 Å². The molecule has 2 N–H and O–H groups in total. The molecule has 2 aromatic carbocycles. The number of carbonyl (C=O) groups excluding carboxylic acids is 1. The normalized spacial score (nSPS) is 11.2. The molecule has 0 bridgehead atoms. The molecule has 26 heavy (non-hydrogen) atoms. The van der Waals surface area contributed by atoms with E-state index in [-0.39, 0.29) is 22.3 Å². The smallest absolute Gasteiger partial charge is 0.242 e. The maximum absolute atomic E-state index is 12.0. The van der Waals surface area contributed by atoms with Crippen molar-refractivity contribution in [1.29, 1.82) is 0 Å². The third-order valence-corrected chi connectivity index (χ3v) is 5.71. The number of halogens is 1. The Morgan fingerprint density at radius 2 is 1.65 bits per heavy atom. The molecule has 0 heterocycles. The maximum Gasteiger partial charge on any atom is 0.242 e. The van der Waals surface area contributed by atoms with E-state index in [0.717, 1.165) is 9.87 Å². The summed E-state index contributed by atoms with van der Waals surface area (Å²) in [7, 11) is -0.555. The molecule has 0 radical (unpaired) electrons. The van der Waals surface area contributed by atoms with Crippen LogP contribution in [0.4, 0.5) is 5.69 Å². The van der Waals surface area contributed by atoms with Crippen molar-refractivity contribution in [2.75, 3.05) is 19.4 Å². The van der Waals surface area contributed by atoms with Gasteiger partial charge in [0.1, 0.15) is 0 Å². The summed E-state index contributed by atoms with van der Waals surface area (Å²) in [5.74, 6) is -0.267. The lowest BCUT2D eigenvalue weighted by Crippen LogP contribution is -2.35. The first-order valence-corrected chi connectivity index (χ1v) is 9.79. The van der Waals surface area contributed by atoms with E-state index in [2.05, 4.69) is 10.6 Å². The lowest BCUT2D eigenvalue weighted by atomic mass is 10.1. The Labute approximate surface area is 163 Å². The molecule has 1 amide bonds. The van der Waals surface area contributed by atoms with Crippen molar-refractivity contribution in [3.05, 3.63) is 59.1 Å². The van der Waals surface area contributed by atoms with Crippen LogP contribution in [0.1, 0.15) is 5.56 Å². The Hall–Kier alpha value is -2.00. The van der Waals surface area contributed by atoms with E-state index in [1.807, 2.05) is 0 Å². The summed E-state index contributed by atoms with van der Waals surface area (Å²) in [6.07, 6.45) is 0.166. The van der Waals surface area contributed by atoms with E-state index >= 15 is 0 Å². The highest BCUT2D eigenvalue weighted by molar-refractivity contribution is 7.89. The molecule has 0 spiro atoms. The van der Waals surface area contributed by atoms with Gasteiger partial charge >= 0.3 is 0 Å². The predicted octanol–water partition coefficient (Wildman–Crippen LogP) is 2.65. The summed E-state index contributed by atoms with van der Waals surface area (Å²) < 4.78 is 25.2. The van der Waals surface area contributed by atoms with E-state index in [0.29, 0.717) is 10.7 Å². The molecule has 0 atom stereocenters. The SMILES string of the molecule is CN(C)S(=O)(=O)c1ccc(NC(=S)NC(=O)Cc2ccc(Cl)cc2)cc1. The number of rotatable bonds is 5. The molecule has 0 saturated heterocycles. The largest absolute Gasteiger partial charge is 0.332 e. The molecule has 0 aromatic heterocycles. The first-order valence-electron chi connectivity index (χ1n) is 7.56. The van der Waals surface area contributed by atoms with Crippen LogP contribution >= 0.6 is 23.8 Å². The predicted molar refractivity (Wildman–Crippen MR) is 107 cm³/mol. The number of sulfonamides is 1. The van der Waals surface area contributed by atoms with Gasteiger partial charge < -0.3 is 10.6 Å². The molecule has 0 aliphatic rings. The maximum atomic E-state index is 12.0. The van der Waals surface area contributed by atoms with Crippen LogP contribution in [0.25, 0.3) is 0 Å². The van der Waals surface area contributed by atoms with Gasteiger partial charge in [0.25, 0.3) is 0 Å². The van der Waals surface area contributed by atoms with Gasteiger partial charge in [0.15, 0.2) is 5.11 Å². The highest BCUT2D eigenvalue weighted by Gasteiger charge is 2.16. The van der Waals surface area contributed by atoms with Crippen molar-refractivity contribution in [3.8, 4) is 0 Å². The van der Waals surface area contributed by atoms with Crippen molar-refractivity contribution in [3.63, 3.8) is 0 Å². The second kappa shape index (κ2) is 8.59. The average molecular weight is 412 g/mol. The van der Waals surface area contributed by atoms with Crippen LogP contribution < -0.4 is 10.6 Å². The summed E-state index contributed by atoms with van der Waals surface area (Å²) in [6.45, 7) is 0. The standard InChI is InChI=1S/C17H18ClN3O3S2/c1-21(2)26(23,24)15-9-7-14(8-10-15)19-17(25)20-16(22)11-12-3-5-13(18)6-4-12/h3-10H,11H2,1-2H3,(H2,19,20,22,25). The van der Waals surface area contributed by atoms with Crippen molar-refractivity contribution < 1.29 is 13.2 Å². The Kier molecular flexibility index (Phi) is 6.71. The minimum Gasteiger partial charge on any atom is -0.332 e. The van der Waals surface area contributed by atoms with Gasteiger partial charge in [-0.1, -0.05) is 23.7 Å². The number of carbonyl (C=O) groups is 1. The van der Waals surface area contributed by atoms with Gasteiger partial charge in [-0.3, -0.25) is 4.79 Å². The van der Waals surface area contributed by atoms with E-state index in [1.165, 1.54) is 26.2 Å². The number of thiocarbonyl (C=S) groups is 1. The molecular formula is C17H18ClN3O3S2. The zero-order chi connectivity index (χ0) is 19.3. The molecule has 6 nitrogen and oxygen atoms in total. The summed E-state index contributed by atoms with van der Waals surface area (Å²) in [6, 6.07) is 13.0. The number of amides is 1. The quantitative estimate of drug-likeness (QED) is 0.739. The second-order valence-electron chi connectivity index (χ2n) is 5.62. The molecule has 0 aliphatic carbocycles. The number of nitrogens with one attached hydrogen (secondary N) is 2. The van der Waals surface area contributed by atoms with Gasteiger partial charge in [0, 0.05) is 24.8 Å². The van der Waals surface area contributed by atoms with Gasteiger partial charge in [-0.15, -0.1) is 0 Å². The molecule has 0 saturated carbocycles. The van der Waals surface area contributed by atoms with Crippen LogP contribution in [0.5, 0.6) is 0 Å². The fourth-order valence-corrected chi connectivity index (χ4v) is 3.30. The van der Waals surface area contributed by atoms with Crippen molar-refractivity contribution in [1.82, 2.24) is 9.62 Å². The van der Waals surface area contributed by atoms with Gasteiger partial charge in [-0.05, 0) is 54.2 Å². The van der Waals surface area contributed by atoms with Crippen molar-refractivity contribution in [2.45, 2.75) is 11.3 Å². The fraction of sp³-hybridized carbons (Fsp3) is 0.176. The van der Waals surface area contributed by atoms with Crippen LogP contribution in [-0.2, 0) is 21.2 Å². The van der Waals surface area contributed by atoms with E-state index in [9.17, 15) is 13.2 Å². The van der Waals surface area contributed by atoms with Crippen LogP contribution in [0.2, 0.25) is 5.02 Å². The molecule has 0 aliphatic heterocycles. The zero-order valence-corrected chi connectivity index (χ0v) is 16.6. The van der Waals surface area contributed by atoms with Crippen molar-refractivity contribution in [2.24, 2.45) is 0 Å². The molecule has 138 valence electrons. The Bertz CT molecular complexity index is 896.